The van der Waals surface area contributed by atoms with Gasteiger partial charge in [0, 0.05) is 19.3 Å². The summed E-state index contributed by atoms with van der Waals surface area (Å²) in [6.45, 7) is 6.34. The van der Waals surface area contributed by atoms with Gasteiger partial charge in [0.2, 0.25) is 0 Å². The fraction of sp³-hybridized carbons (Fsp3) is 0.646. The molecule has 0 N–H and O–H groups in total. The van der Waals surface area contributed by atoms with E-state index in [1.807, 2.05) is 0 Å². The minimum atomic E-state index is -0.800. The minimum Gasteiger partial charge on any atom is -0.462 e. The summed E-state index contributed by atoms with van der Waals surface area (Å²) in [6, 6.07) is 0. The molecule has 0 amide bonds. The second-order valence-electron chi connectivity index (χ2n) is 18.8. The highest BCUT2D eigenvalue weighted by atomic mass is 16.6. The van der Waals surface area contributed by atoms with Crippen LogP contribution in [0.5, 0.6) is 0 Å². The lowest BCUT2D eigenvalue weighted by Gasteiger charge is -2.18. The van der Waals surface area contributed by atoms with E-state index in [4.69, 9.17) is 14.2 Å². The Bertz CT molecular complexity index is 1500. The largest absolute Gasteiger partial charge is 0.462 e. The van der Waals surface area contributed by atoms with Crippen molar-refractivity contribution in [2.45, 2.75) is 258 Å². The Hall–Kier alpha value is -4.19. The van der Waals surface area contributed by atoms with Crippen molar-refractivity contribution in [1.82, 2.24) is 0 Å². The number of hydrogen-bond donors (Lipinski definition) is 0. The smallest absolute Gasteiger partial charge is 0.306 e. The zero-order valence-electron chi connectivity index (χ0n) is 45.9. The number of carbonyl (C=O) groups is 3. The van der Waals surface area contributed by atoms with Crippen molar-refractivity contribution in [3.05, 3.63) is 122 Å². The van der Waals surface area contributed by atoms with Crippen LogP contribution in [-0.4, -0.2) is 37.2 Å². The third-order valence-electron chi connectivity index (χ3n) is 11.9. The van der Waals surface area contributed by atoms with Crippen LogP contribution in [0, 0.1) is 0 Å². The van der Waals surface area contributed by atoms with Gasteiger partial charge in [-0.3, -0.25) is 14.4 Å². The van der Waals surface area contributed by atoms with Crippen molar-refractivity contribution in [3.8, 4) is 0 Å². The van der Waals surface area contributed by atoms with E-state index in [1.54, 1.807) is 0 Å². The molecule has 0 fully saturated rings. The Balaban J connectivity index is 4.36. The molecular formula is C65H106O6. The van der Waals surface area contributed by atoms with Crippen LogP contribution in [0.4, 0.5) is 0 Å². The zero-order valence-corrected chi connectivity index (χ0v) is 45.9. The molecule has 0 aromatic rings. The van der Waals surface area contributed by atoms with Crippen LogP contribution in [0.2, 0.25) is 0 Å². The molecule has 0 spiro atoms. The summed E-state index contributed by atoms with van der Waals surface area (Å²) in [7, 11) is 0. The Labute approximate surface area is 437 Å². The Morgan fingerprint density at radius 2 is 0.549 bits per heavy atom. The average molecular weight is 984 g/mol. The summed E-state index contributed by atoms with van der Waals surface area (Å²) in [4.78, 5) is 38.1. The lowest BCUT2D eigenvalue weighted by molar-refractivity contribution is -0.167. The van der Waals surface area contributed by atoms with Crippen LogP contribution in [-0.2, 0) is 28.6 Å². The lowest BCUT2D eigenvalue weighted by atomic mass is 10.1. The summed E-state index contributed by atoms with van der Waals surface area (Å²) in [5.74, 6) is -0.938. The van der Waals surface area contributed by atoms with Gasteiger partial charge in [0.25, 0.3) is 0 Å². The maximum Gasteiger partial charge on any atom is 0.306 e. The molecule has 0 radical (unpaired) electrons. The first-order valence-electron chi connectivity index (χ1n) is 29.0. The van der Waals surface area contributed by atoms with E-state index < -0.39 is 6.10 Å². The van der Waals surface area contributed by atoms with Gasteiger partial charge in [-0.1, -0.05) is 232 Å². The van der Waals surface area contributed by atoms with Gasteiger partial charge in [-0.15, -0.1) is 0 Å². The van der Waals surface area contributed by atoms with Gasteiger partial charge < -0.3 is 14.2 Å². The highest BCUT2D eigenvalue weighted by molar-refractivity contribution is 5.71. The zero-order chi connectivity index (χ0) is 51.4. The summed E-state index contributed by atoms with van der Waals surface area (Å²) in [5.41, 5.74) is 0. The molecule has 6 heteroatoms. The Kier molecular flexibility index (Phi) is 54.9. The van der Waals surface area contributed by atoms with Gasteiger partial charge >= 0.3 is 17.9 Å². The van der Waals surface area contributed by atoms with Crippen molar-refractivity contribution >= 4 is 17.9 Å². The number of rotatable bonds is 51. The van der Waals surface area contributed by atoms with Gasteiger partial charge in [0.05, 0.1) is 0 Å². The van der Waals surface area contributed by atoms with Crippen LogP contribution >= 0.6 is 0 Å². The first-order chi connectivity index (χ1) is 35.0. The van der Waals surface area contributed by atoms with E-state index in [9.17, 15) is 14.4 Å². The molecule has 0 saturated carbocycles. The fourth-order valence-electron chi connectivity index (χ4n) is 7.62. The van der Waals surface area contributed by atoms with Gasteiger partial charge in [0.1, 0.15) is 13.2 Å². The molecule has 0 saturated heterocycles. The second-order valence-corrected chi connectivity index (χ2v) is 18.8. The van der Waals surface area contributed by atoms with Crippen molar-refractivity contribution in [2.75, 3.05) is 13.2 Å². The quantitative estimate of drug-likeness (QED) is 0.0261. The molecule has 1 atom stereocenters. The molecule has 0 aliphatic heterocycles. The van der Waals surface area contributed by atoms with Crippen LogP contribution in [0.25, 0.3) is 0 Å². The predicted molar refractivity (Wildman–Crippen MR) is 306 cm³/mol. The second kappa shape index (κ2) is 58.4. The van der Waals surface area contributed by atoms with Crippen molar-refractivity contribution < 1.29 is 28.6 Å². The normalized spacial score (nSPS) is 13.0. The molecule has 71 heavy (non-hydrogen) atoms. The molecule has 402 valence electrons. The fourth-order valence-corrected chi connectivity index (χ4v) is 7.62. The monoisotopic (exact) mass is 983 g/mol. The van der Waals surface area contributed by atoms with Gasteiger partial charge in [-0.05, 0) is 122 Å². The molecular weight excluding hydrogens is 877 g/mol. The molecule has 0 bridgehead atoms. The topological polar surface area (TPSA) is 78.9 Å². The van der Waals surface area contributed by atoms with Crippen molar-refractivity contribution in [2.24, 2.45) is 0 Å². The van der Waals surface area contributed by atoms with E-state index in [-0.39, 0.29) is 31.1 Å². The Morgan fingerprint density at radius 1 is 0.296 bits per heavy atom. The molecule has 0 rings (SSSR count). The average Bonchev–Trinajstić information content (AvgIpc) is 3.37. The molecule has 1 unspecified atom stereocenters. The van der Waals surface area contributed by atoms with E-state index in [0.717, 1.165) is 148 Å². The summed E-state index contributed by atoms with van der Waals surface area (Å²) in [5, 5.41) is 0. The van der Waals surface area contributed by atoms with Crippen LogP contribution < -0.4 is 0 Å². The minimum absolute atomic E-state index is 0.0965. The number of esters is 3. The molecule has 0 aliphatic carbocycles. The highest BCUT2D eigenvalue weighted by Crippen LogP contribution is 2.14. The summed E-state index contributed by atoms with van der Waals surface area (Å²) >= 11 is 0. The number of carbonyl (C=O) groups excluding carboxylic acids is 3. The summed E-state index contributed by atoms with van der Waals surface area (Å²) < 4.78 is 16.8. The van der Waals surface area contributed by atoms with Crippen molar-refractivity contribution in [3.63, 3.8) is 0 Å². The number of hydrogen-bond acceptors (Lipinski definition) is 6. The SMILES string of the molecule is CC/C=C\C/C=C\C/C=C\C/C=C\C/C=C\CCCCCCCCCCCC(=O)OCC(COC(=O)CCCCCCC/C=C\CCCC)OC(=O)CCCCCC/C=C\C/C=C\C/C=C\C/C=C\CC. The molecule has 0 aromatic heterocycles. The van der Waals surface area contributed by atoms with E-state index in [0.29, 0.717) is 19.3 Å². The standard InChI is InChI=1S/C65H106O6/c1-4-7-10-13-16-19-22-24-26-28-29-30-31-32-33-34-35-37-38-40-43-46-49-52-55-58-64(67)70-61-62(60-69-63(66)57-54-51-48-45-42-21-18-15-12-9-6-3)71-65(68)59-56-53-50-47-44-41-39-36-27-25-23-20-17-14-11-8-5-2/h7-8,10-11,15-20,24-27,29-30,32-33,39,41,62H,4-6,9,12-14,21-23,28,31,34-38,40,42-61H2,1-3H3/b10-7-,11-8-,18-15-,19-16-,20-17-,26-24-,27-25-,30-29-,33-32-,41-39-. The number of allylic oxidation sites excluding steroid dienone is 20. The maximum absolute atomic E-state index is 12.8. The van der Waals surface area contributed by atoms with E-state index >= 15 is 0 Å². The van der Waals surface area contributed by atoms with Crippen LogP contribution in [0.15, 0.2) is 122 Å². The summed E-state index contributed by atoms with van der Waals surface area (Å²) in [6.07, 6.45) is 80.5. The molecule has 6 nitrogen and oxygen atoms in total. The van der Waals surface area contributed by atoms with Gasteiger partial charge in [-0.25, -0.2) is 0 Å². The van der Waals surface area contributed by atoms with E-state index in [2.05, 4.69) is 142 Å². The first kappa shape index (κ1) is 66.8. The molecule has 0 aromatic carbocycles. The predicted octanol–water partition coefficient (Wildman–Crippen LogP) is 19.6. The lowest BCUT2D eigenvalue weighted by Crippen LogP contribution is -2.30. The van der Waals surface area contributed by atoms with Crippen LogP contribution in [0.3, 0.4) is 0 Å². The number of unbranched alkanes of at least 4 members (excludes halogenated alkanes) is 20. The van der Waals surface area contributed by atoms with Crippen LogP contribution in [0.1, 0.15) is 252 Å². The third-order valence-corrected chi connectivity index (χ3v) is 11.9. The van der Waals surface area contributed by atoms with Gasteiger partial charge in [-0.2, -0.15) is 0 Å². The molecule has 0 aliphatic rings. The highest BCUT2D eigenvalue weighted by Gasteiger charge is 2.19. The van der Waals surface area contributed by atoms with Gasteiger partial charge in [0.15, 0.2) is 6.10 Å². The first-order valence-corrected chi connectivity index (χ1v) is 29.0. The molecule has 0 heterocycles. The third kappa shape index (κ3) is 56.6. The Morgan fingerprint density at radius 3 is 0.873 bits per heavy atom. The van der Waals surface area contributed by atoms with E-state index in [1.165, 1.54) is 64.2 Å². The number of ether oxygens (including phenoxy) is 3. The van der Waals surface area contributed by atoms with Crippen molar-refractivity contribution in [1.29, 1.82) is 0 Å². The maximum atomic E-state index is 12.8.